The molecule has 2 bridgehead atoms. The van der Waals surface area contributed by atoms with E-state index in [0.29, 0.717) is 38.0 Å². The number of nitrogens with zero attached hydrogens (tertiary/aromatic N) is 2. The van der Waals surface area contributed by atoms with Crippen LogP contribution in [0.15, 0.2) is 58.4 Å². The molecule has 0 saturated carbocycles. The normalized spacial score (nSPS) is 22.2. The largest absolute Gasteiger partial charge is 0.504 e. The molecule has 4 aliphatic rings. The second kappa shape index (κ2) is 14.2. The number of aromatic hydroxyl groups is 1. The van der Waals surface area contributed by atoms with Gasteiger partial charge in [0, 0.05) is 50.3 Å². The summed E-state index contributed by atoms with van der Waals surface area (Å²) < 4.78 is 6.41. The summed E-state index contributed by atoms with van der Waals surface area (Å²) in [5, 5.41) is 35.5. The average molecular weight is 625 g/mol. The van der Waals surface area contributed by atoms with Crippen molar-refractivity contribution >= 4 is 12.0 Å². The maximum atomic E-state index is 12.5. The van der Waals surface area contributed by atoms with Gasteiger partial charge in [0.25, 0.3) is 0 Å². The smallest absolute Gasteiger partial charge is 0.183 e. The number of nitrogens with two attached hydrogens (primary N) is 1. The van der Waals surface area contributed by atoms with Gasteiger partial charge in [0.2, 0.25) is 0 Å². The number of carbonyl (C=O) groups is 1. The van der Waals surface area contributed by atoms with Crippen molar-refractivity contribution in [3.63, 3.8) is 0 Å². The molecular weight excluding hydrogens is 580 g/mol. The van der Waals surface area contributed by atoms with E-state index in [0.717, 1.165) is 71.3 Å². The predicted octanol–water partition coefficient (Wildman–Crippen LogP) is 4.25. The molecule has 46 heavy (non-hydrogen) atoms. The molecule has 2 aromatic carbocycles. The Bertz CT molecular complexity index is 1630. The van der Waals surface area contributed by atoms with E-state index in [9.17, 15) is 20.1 Å². The van der Waals surface area contributed by atoms with Crippen LogP contribution >= 0.6 is 0 Å². The lowest BCUT2D eigenvalue weighted by atomic mass is 9.85. The molecule has 9 heteroatoms. The summed E-state index contributed by atoms with van der Waals surface area (Å²) in [6, 6.07) is 9.08. The summed E-state index contributed by atoms with van der Waals surface area (Å²) in [7, 11) is 0. The van der Waals surface area contributed by atoms with Gasteiger partial charge in [-0.2, -0.15) is 0 Å². The number of hydrogen-bond acceptors (Lipinski definition) is 9. The van der Waals surface area contributed by atoms with Crippen molar-refractivity contribution in [3.8, 4) is 23.3 Å². The lowest BCUT2D eigenvalue weighted by Gasteiger charge is -2.29. The molecule has 0 amide bonds. The van der Waals surface area contributed by atoms with Crippen LogP contribution in [0.4, 0.5) is 0 Å². The van der Waals surface area contributed by atoms with E-state index in [2.05, 4.69) is 24.1 Å². The van der Waals surface area contributed by atoms with Gasteiger partial charge in [-0.25, -0.2) is 0 Å². The number of allylic oxidation sites excluding steroid dienone is 1. The first kappa shape index (κ1) is 32.0. The predicted molar refractivity (Wildman–Crippen MR) is 177 cm³/mol. The number of Topliss-reactive ketones (excluding diaryl/α,β-unsaturated/α-hetero) is 1. The number of phenolic OH excluding ortho intramolecular Hbond substituents is 1. The molecule has 4 aliphatic heterocycles. The first-order chi connectivity index (χ1) is 22.3. The van der Waals surface area contributed by atoms with Gasteiger partial charge in [-0.1, -0.05) is 56.2 Å². The zero-order valence-electron chi connectivity index (χ0n) is 26.5. The molecule has 4 heterocycles. The van der Waals surface area contributed by atoms with E-state index >= 15 is 0 Å². The van der Waals surface area contributed by atoms with Crippen molar-refractivity contribution in [2.45, 2.75) is 95.7 Å². The molecule has 0 aromatic heterocycles. The van der Waals surface area contributed by atoms with Gasteiger partial charge in [-0.15, -0.1) is 0 Å². The number of benzene rings is 2. The second-order valence-corrected chi connectivity index (χ2v) is 12.7. The Morgan fingerprint density at radius 3 is 2.91 bits per heavy atom. The summed E-state index contributed by atoms with van der Waals surface area (Å²) in [6.07, 6.45) is 7.92. The third kappa shape index (κ3) is 7.06. The zero-order chi connectivity index (χ0) is 32.2. The number of unbranched alkanes of at least 4 members (excludes halogenated alkanes) is 2. The first-order valence-corrected chi connectivity index (χ1v) is 16.5. The highest BCUT2D eigenvalue weighted by molar-refractivity contribution is 5.88. The van der Waals surface area contributed by atoms with Crippen molar-refractivity contribution in [1.29, 1.82) is 0 Å². The molecule has 4 atom stereocenters. The minimum absolute atomic E-state index is 0.00287. The Morgan fingerprint density at radius 1 is 1.22 bits per heavy atom. The number of aryl methyl sites for hydroxylation is 1. The van der Waals surface area contributed by atoms with Crippen LogP contribution in [-0.2, 0) is 24.1 Å². The standard InChI is InChI=1S/C37H44N4O5/c1-2-3-4-6-25(42)19-26(43)11-9-23-10-14-34(45)35(17-23)46-36-8-5-7-33(44)28-12-13-29-27(15-16-39-37(29)38)30(28)18-24-20-40-32-22-41(36)21-31(24)32/h10,12-14,17,20,22,25,33,36-37,39,42,44-45H,2-4,6,8-9,11,15-16,18-19,21,38H2,1H3/t25-,33+,36+,37-/m1/s1. The third-order valence-corrected chi connectivity index (χ3v) is 9.39. The Balaban J connectivity index is 1.21. The van der Waals surface area contributed by atoms with Gasteiger partial charge in [0.15, 0.2) is 17.7 Å². The van der Waals surface area contributed by atoms with Crippen LogP contribution in [0, 0.1) is 11.8 Å². The Kier molecular flexibility index (Phi) is 9.90. The highest BCUT2D eigenvalue weighted by Gasteiger charge is 2.32. The minimum Gasteiger partial charge on any atom is -0.504 e. The van der Waals surface area contributed by atoms with Gasteiger partial charge in [0.1, 0.15) is 11.9 Å². The van der Waals surface area contributed by atoms with Crippen molar-refractivity contribution in [1.82, 2.24) is 10.2 Å². The van der Waals surface area contributed by atoms with Gasteiger partial charge < -0.3 is 30.7 Å². The van der Waals surface area contributed by atoms with E-state index in [4.69, 9.17) is 15.5 Å². The van der Waals surface area contributed by atoms with Crippen LogP contribution < -0.4 is 15.8 Å². The highest BCUT2D eigenvalue weighted by Crippen LogP contribution is 2.38. The fourth-order valence-electron chi connectivity index (χ4n) is 6.80. The van der Waals surface area contributed by atoms with Crippen molar-refractivity contribution in [2.75, 3.05) is 13.1 Å². The summed E-state index contributed by atoms with van der Waals surface area (Å²) in [4.78, 5) is 19.3. The molecule has 0 radical (unpaired) electrons. The van der Waals surface area contributed by atoms with Gasteiger partial charge in [-0.05, 0) is 64.8 Å². The number of ether oxygens (including phenoxy) is 1. The Labute approximate surface area is 270 Å². The number of hydrogen-bond donors (Lipinski definition) is 5. The number of rotatable bonds is 11. The second-order valence-electron chi connectivity index (χ2n) is 12.7. The molecule has 2 aromatic rings. The lowest BCUT2D eigenvalue weighted by Crippen LogP contribution is -2.36. The number of fused-ring (bicyclic) bond motifs is 4. The maximum absolute atomic E-state index is 12.5. The fraction of sp³-hybridized carbons (Fsp3) is 0.459. The maximum Gasteiger partial charge on any atom is 0.183 e. The molecule has 0 saturated heterocycles. The van der Waals surface area contributed by atoms with Crippen molar-refractivity contribution in [2.24, 2.45) is 10.7 Å². The SMILES string of the molecule is CCCCC[C@@H](O)CC(=O)CCc1ccc(O)c(O[C@H]2CC#C[C@H](O)c3ccc4c(c3CC3=C5CN2C=C5N=C3)CCN[C@H]4N)c1. The number of ketones is 1. The van der Waals surface area contributed by atoms with E-state index < -0.39 is 18.4 Å². The molecule has 6 N–H and O–H groups in total. The van der Waals surface area contributed by atoms with Gasteiger partial charge in [0.05, 0.1) is 24.4 Å². The first-order valence-electron chi connectivity index (χ1n) is 16.5. The number of phenols is 1. The highest BCUT2D eigenvalue weighted by atomic mass is 16.5. The van der Waals surface area contributed by atoms with E-state index in [1.165, 1.54) is 5.56 Å². The summed E-state index contributed by atoms with van der Waals surface area (Å²) in [6.45, 7) is 3.47. The van der Waals surface area contributed by atoms with Gasteiger partial charge >= 0.3 is 0 Å². The Hall–Kier alpha value is -3.94. The summed E-state index contributed by atoms with van der Waals surface area (Å²) >= 11 is 0. The Morgan fingerprint density at radius 2 is 2.07 bits per heavy atom. The van der Waals surface area contributed by atoms with Crippen molar-refractivity contribution < 1.29 is 24.9 Å². The molecule has 9 nitrogen and oxygen atoms in total. The summed E-state index contributed by atoms with van der Waals surface area (Å²) in [5.74, 6) is 6.52. The minimum atomic E-state index is -0.977. The number of aliphatic hydroxyl groups excluding tert-OH is 2. The van der Waals surface area contributed by atoms with Crippen LogP contribution in [0.25, 0.3) is 0 Å². The molecule has 0 unspecified atom stereocenters. The summed E-state index contributed by atoms with van der Waals surface area (Å²) in [5.41, 5.74) is 14.4. The topological polar surface area (TPSA) is 141 Å². The van der Waals surface area contributed by atoms with E-state index in [1.807, 2.05) is 29.4 Å². The van der Waals surface area contributed by atoms with E-state index in [1.54, 1.807) is 18.2 Å². The number of carbonyl (C=O) groups excluding carboxylic acids is 1. The molecule has 6 rings (SSSR count). The molecule has 0 aliphatic carbocycles. The fourth-order valence-corrected chi connectivity index (χ4v) is 6.80. The quantitative estimate of drug-likeness (QED) is 0.185. The molecule has 0 spiro atoms. The zero-order valence-corrected chi connectivity index (χ0v) is 26.5. The molecular formula is C37H44N4O5. The number of aliphatic hydroxyl groups is 2. The monoisotopic (exact) mass is 624 g/mol. The lowest BCUT2D eigenvalue weighted by molar-refractivity contribution is -0.121. The van der Waals surface area contributed by atoms with Crippen LogP contribution in [0.3, 0.4) is 0 Å². The molecule has 0 fully saturated rings. The van der Waals surface area contributed by atoms with Crippen LogP contribution in [0.1, 0.15) is 92.0 Å². The van der Waals surface area contributed by atoms with E-state index in [-0.39, 0.29) is 30.5 Å². The van der Waals surface area contributed by atoms with Crippen LogP contribution in [0.2, 0.25) is 0 Å². The average Bonchev–Trinajstić information content (AvgIpc) is 3.62. The number of nitrogens with one attached hydrogen (secondary N) is 1. The third-order valence-electron chi connectivity index (χ3n) is 9.39. The van der Waals surface area contributed by atoms with Crippen molar-refractivity contribution in [3.05, 3.63) is 81.2 Å². The van der Waals surface area contributed by atoms with Gasteiger partial charge in [-0.3, -0.25) is 15.1 Å². The molecule has 242 valence electrons. The number of aliphatic imine (C=N–C) groups is 1. The van der Waals surface area contributed by atoms with Crippen LogP contribution in [-0.4, -0.2) is 57.6 Å². The van der Waals surface area contributed by atoms with Crippen LogP contribution in [0.5, 0.6) is 11.5 Å².